The molecule has 7 nitrogen and oxygen atoms in total. The highest BCUT2D eigenvalue weighted by atomic mass is 19.2. The van der Waals surface area contributed by atoms with Gasteiger partial charge in [-0.3, -0.25) is 4.79 Å². The van der Waals surface area contributed by atoms with Crippen LogP contribution in [0.5, 0.6) is 0 Å². The Morgan fingerprint density at radius 1 is 1.25 bits per heavy atom. The molecule has 0 radical (unpaired) electrons. The van der Waals surface area contributed by atoms with Gasteiger partial charge in [-0.15, -0.1) is 10.2 Å². The summed E-state index contributed by atoms with van der Waals surface area (Å²) in [4.78, 5) is 12.0. The van der Waals surface area contributed by atoms with E-state index in [0.29, 0.717) is 17.8 Å². The van der Waals surface area contributed by atoms with Gasteiger partial charge in [0.1, 0.15) is 6.33 Å². The maximum Gasteiger partial charge on any atom is 0.243 e. The molecular weight excluding hydrogens is 318 g/mol. The zero-order chi connectivity index (χ0) is 17.1. The summed E-state index contributed by atoms with van der Waals surface area (Å²) in [5, 5.41) is 17.5. The van der Waals surface area contributed by atoms with Gasteiger partial charge in [-0.25, -0.2) is 8.78 Å². The second-order valence-corrected chi connectivity index (χ2v) is 5.03. The standard InChI is InChI=1S/C15H14F2N6O/c1-2-9-6-13(15-21-19-8-23(15)22-9)18-7-14(24)20-10-3-4-11(16)12(17)5-10/h3-6,8,18H,2,7H2,1H3,(H,20,24). The molecule has 0 aliphatic carbocycles. The monoisotopic (exact) mass is 332 g/mol. The van der Waals surface area contributed by atoms with Crippen LogP contribution in [0.15, 0.2) is 30.6 Å². The molecule has 2 N–H and O–H groups in total. The predicted octanol–water partition coefficient (Wildman–Crippen LogP) is 2.02. The van der Waals surface area contributed by atoms with E-state index in [0.717, 1.165) is 17.8 Å². The maximum absolute atomic E-state index is 13.1. The van der Waals surface area contributed by atoms with Gasteiger partial charge in [-0.2, -0.15) is 9.61 Å². The van der Waals surface area contributed by atoms with Crippen LogP contribution < -0.4 is 10.6 Å². The maximum atomic E-state index is 13.1. The van der Waals surface area contributed by atoms with Gasteiger partial charge >= 0.3 is 0 Å². The molecule has 0 saturated carbocycles. The first-order valence-corrected chi connectivity index (χ1v) is 7.25. The summed E-state index contributed by atoms with van der Waals surface area (Å²) >= 11 is 0. The number of fused-ring (bicyclic) bond motifs is 1. The lowest BCUT2D eigenvalue weighted by molar-refractivity contribution is -0.114. The molecular formula is C15H14F2N6O. The van der Waals surface area contributed by atoms with E-state index < -0.39 is 17.5 Å². The number of hydrogen-bond acceptors (Lipinski definition) is 5. The van der Waals surface area contributed by atoms with E-state index >= 15 is 0 Å². The highest BCUT2D eigenvalue weighted by molar-refractivity contribution is 5.94. The molecule has 2 aromatic heterocycles. The van der Waals surface area contributed by atoms with Crippen LogP contribution in [0.25, 0.3) is 5.65 Å². The number of benzene rings is 1. The Balaban J connectivity index is 1.70. The number of amides is 1. The molecule has 24 heavy (non-hydrogen) atoms. The van der Waals surface area contributed by atoms with Crippen molar-refractivity contribution in [2.24, 2.45) is 0 Å². The number of carbonyl (C=O) groups is 1. The second kappa shape index (κ2) is 6.57. The van der Waals surface area contributed by atoms with Crippen molar-refractivity contribution in [1.82, 2.24) is 19.8 Å². The normalized spacial score (nSPS) is 10.8. The number of hydrogen-bond donors (Lipinski definition) is 2. The number of aromatic nitrogens is 4. The van der Waals surface area contributed by atoms with Crippen LogP contribution in [0, 0.1) is 11.6 Å². The van der Waals surface area contributed by atoms with Gasteiger partial charge < -0.3 is 10.6 Å². The fourth-order valence-corrected chi connectivity index (χ4v) is 2.14. The Morgan fingerprint density at radius 2 is 2.08 bits per heavy atom. The van der Waals surface area contributed by atoms with E-state index in [2.05, 4.69) is 25.9 Å². The Kier molecular flexibility index (Phi) is 4.32. The molecule has 0 atom stereocenters. The smallest absolute Gasteiger partial charge is 0.243 e. The molecule has 1 amide bonds. The van der Waals surface area contributed by atoms with Crippen LogP contribution in [0.4, 0.5) is 20.2 Å². The van der Waals surface area contributed by atoms with Gasteiger partial charge in [0.05, 0.1) is 17.9 Å². The first-order chi connectivity index (χ1) is 11.6. The van der Waals surface area contributed by atoms with Crippen molar-refractivity contribution < 1.29 is 13.6 Å². The van der Waals surface area contributed by atoms with E-state index in [1.165, 1.54) is 16.9 Å². The number of halogens is 2. The van der Waals surface area contributed by atoms with Gasteiger partial charge in [0.25, 0.3) is 0 Å². The minimum absolute atomic E-state index is 0.0747. The summed E-state index contributed by atoms with van der Waals surface area (Å²) in [6.07, 6.45) is 2.19. The van der Waals surface area contributed by atoms with Crippen molar-refractivity contribution in [2.45, 2.75) is 13.3 Å². The molecule has 0 saturated heterocycles. The molecule has 0 aliphatic rings. The minimum atomic E-state index is -1.02. The number of anilines is 2. The SMILES string of the molecule is CCc1cc(NCC(=O)Nc2ccc(F)c(F)c2)c2nncn2n1. The molecule has 1 aromatic carbocycles. The minimum Gasteiger partial charge on any atom is -0.373 e. The Morgan fingerprint density at radius 3 is 2.83 bits per heavy atom. The third kappa shape index (κ3) is 3.29. The van der Waals surface area contributed by atoms with E-state index in [4.69, 9.17) is 0 Å². The highest BCUT2D eigenvalue weighted by Gasteiger charge is 2.10. The third-order valence-electron chi connectivity index (χ3n) is 3.32. The Hall–Kier alpha value is -3.10. The first-order valence-electron chi connectivity index (χ1n) is 7.25. The molecule has 9 heteroatoms. The van der Waals surface area contributed by atoms with Crippen LogP contribution in [0.3, 0.4) is 0 Å². The summed E-state index contributed by atoms with van der Waals surface area (Å²) in [5.74, 6) is -2.40. The summed E-state index contributed by atoms with van der Waals surface area (Å²) in [6, 6.07) is 4.95. The fraction of sp³-hybridized carbons (Fsp3) is 0.200. The Labute approximate surface area is 135 Å². The molecule has 0 fully saturated rings. The molecule has 0 spiro atoms. The van der Waals surface area contributed by atoms with Crippen molar-refractivity contribution in [1.29, 1.82) is 0 Å². The molecule has 3 aromatic rings. The number of carbonyl (C=O) groups excluding carboxylic acids is 1. The second-order valence-electron chi connectivity index (χ2n) is 5.03. The van der Waals surface area contributed by atoms with Gasteiger partial charge in [0.15, 0.2) is 11.6 Å². The topological polar surface area (TPSA) is 84.2 Å². The van der Waals surface area contributed by atoms with Crippen LogP contribution in [-0.4, -0.2) is 32.3 Å². The average molecular weight is 332 g/mol. The van der Waals surface area contributed by atoms with E-state index in [9.17, 15) is 13.6 Å². The van der Waals surface area contributed by atoms with Crippen molar-refractivity contribution in [3.8, 4) is 0 Å². The van der Waals surface area contributed by atoms with Crippen LogP contribution in [0.2, 0.25) is 0 Å². The van der Waals surface area contributed by atoms with Gasteiger partial charge in [-0.1, -0.05) is 6.92 Å². The van der Waals surface area contributed by atoms with E-state index in [-0.39, 0.29) is 12.2 Å². The third-order valence-corrected chi connectivity index (χ3v) is 3.32. The number of rotatable bonds is 5. The summed E-state index contributed by atoms with van der Waals surface area (Å²) in [5.41, 5.74) is 2.09. The summed E-state index contributed by atoms with van der Waals surface area (Å²) < 4.78 is 27.5. The number of nitrogens with one attached hydrogen (secondary N) is 2. The quantitative estimate of drug-likeness (QED) is 0.747. The van der Waals surface area contributed by atoms with Crippen LogP contribution >= 0.6 is 0 Å². The molecule has 0 unspecified atom stereocenters. The molecule has 2 heterocycles. The Bertz CT molecular complexity index is 895. The van der Waals surface area contributed by atoms with Crippen molar-refractivity contribution in [3.05, 3.63) is 47.9 Å². The van der Waals surface area contributed by atoms with Gasteiger partial charge in [0.2, 0.25) is 11.6 Å². The highest BCUT2D eigenvalue weighted by Crippen LogP contribution is 2.16. The summed E-state index contributed by atoms with van der Waals surface area (Å²) in [7, 11) is 0. The number of nitrogens with zero attached hydrogens (tertiary/aromatic N) is 4. The lowest BCUT2D eigenvalue weighted by atomic mass is 10.3. The van der Waals surface area contributed by atoms with Crippen molar-refractivity contribution in [2.75, 3.05) is 17.2 Å². The first kappa shape index (κ1) is 15.8. The van der Waals surface area contributed by atoms with Gasteiger partial charge in [-0.05, 0) is 24.6 Å². The lowest BCUT2D eigenvalue weighted by Crippen LogP contribution is -2.22. The molecule has 0 bridgehead atoms. The predicted molar refractivity (Wildman–Crippen MR) is 83.6 cm³/mol. The largest absolute Gasteiger partial charge is 0.373 e. The van der Waals surface area contributed by atoms with Gasteiger partial charge in [0, 0.05) is 11.8 Å². The molecule has 3 rings (SSSR count). The average Bonchev–Trinajstić information content (AvgIpc) is 3.04. The van der Waals surface area contributed by atoms with Crippen LogP contribution in [0.1, 0.15) is 12.6 Å². The zero-order valence-corrected chi connectivity index (χ0v) is 12.8. The fourth-order valence-electron chi connectivity index (χ4n) is 2.14. The molecule has 0 aliphatic heterocycles. The van der Waals surface area contributed by atoms with E-state index in [1.54, 1.807) is 6.07 Å². The number of aryl methyl sites for hydroxylation is 1. The van der Waals surface area contributed by atoms with Crippen molar-refractivity contribution in [3.63, 3.8) is 0 Å². The molecule has 124 valence electrons. The van der Waals surface area contributed by atoms with E-state index in [1.807, 2.05) is 6.92 Å². The van der Waals surface area contributed by atoms with Crippen molar-refractivity contribution >= 4 is 22.9 Å². The summed E-state index contributed by atoms with van der Waals surface area (Å²) in [6.45, 7) is 1.88. The zero-order valence-electron chi connectivity index (χ0n) is 12.8. The van der Waals surface area contributed by atoms with Crippen LogP contribution in [-0.2, 0) is 11.2 Å². The lowest BCUT2D eigenvalue weighted by Gasteiger charge is -2.09.